The van der Waals surface area contributed by atoms with Crippen molar-refractivity contribution >= 4 is 14.9 Å². The molecule has 0 heterocycles. The van der Waals surface area contributed by atoms with Crippen molar-refractivity contribution in [3.63, 3.8) is 0 Å². The van der Waals surface area contributed by atoms with Gasteiger partial charge in [-0.3, -0.25) is 0 Å². The second kappa shape index (κ2) is 10.4. The molecule has 0 aromatic heterocycles. The summed E-state index contributed by atoms with van der Waals surface area (Å²) in [4.78, 5) is 0. The molecule has 0 bridgehead atoms. The number of fused-ring (bicyclic) bond motifs is 5. The molecule has 230 valence electrons. The second-order valence-electron chi connectivity index (χ2n) is 16.3. The molecule has 1 atom stereocenters. The molecule has 4 aliphatic rings. The first-order valence-electron chi connectivity index (χ1n) is 17.1. The Hall–Kier alpha value is -2.63. The zero-order valence-corrected chi connectivity index (χ0v) is 31.9. The van der Waals surface area contributed by atoms with Gasteiger partial charge in [-0.15, -0.1) is 0 Å². The van der Waals surface area contributed by atoms with Crippen molar-refractivity contribution in [1.29, 1.82) is 0 Å². The monoisotopic (exact) mass is 668 g/mol. The molecule has 3 aromatic rings. The van der Waals surface area contributed by atoms with Crippen LogP contribution in [-0.2, 0) is 38.5 Å². The third-order valence-electron chi connectivity index (χ3n) is 11.3. The molecule has 0 nitrogen and oxygen atoms in total. The molecule has 0 amide bonds. The maximum atomic E-state index is 2.78. The predicted octanol–water partition coefficient (Wildman–Crippen LogP) is 11.7. The first-order chi connectivity index (χ1) is 21.1. The molecule has 0 aliphatic heterocycles. The van der Waals surface area contributed by atoms with Gasteiger partial charge in [0.2, 0.25) is 0 Å². The van der Waals surface area contributed by atoms with E-state index in [1.165, 1.54) is 50.1 Å². The van der Waals surface area contributed by atoms with Gasteiger partial charge in [-0.1, -0.05) is 0 Å². The summed E-state index contributed by atoms with van der Waals surface area (Å²) in [6.45, 7) is 26.7. The normalized spacial score (nSPS) is 21.1. The predicted molar refractivity (Wildman–Crippen MR) is 193 cm³/mol. The van der Waals surface area contributed by atoms with E-state index >= 15 is 0 Å². The van der Waals surface area contributed by atoms with Crippen LogP contribution in [-0.4, -0.2) is 3.71 Å². The van der Waals surface area contributed by atoms with Crippen LogP contribution < -0.4 is 0 Å². The van der Waals surface area contributed by atoms with Crippen LogP contribution >= 0.6 is 0 Å². The number of allylic oxidation sites excluding steroid dienone is 8. The van der Waals surface area contributed by atoms with Crippen LogP contribution in [0.25, 0.3) is 22.3 Å². The van der Waals surface area contributed by atoms with Gasteiger partial charge in [0, 0.05) is 0 Å². The molecular weight excluding hydrogens is 620 g/mol. The fourth-order valence-corrected chi connectivity index (χ4v) is 18.3. The summed E-state index contributed by atoms with van der Waals surface area (Å²) in [6.07, 6.45) is 7.25. The summed E-state index contributed by atoms with van der Waals surface area (Å²) in [7, 11) is 0. The van der Waals surface area contributed by atoms with Crippen molar-refractivity contribution in [3.05, 3.63) is 123 Å². The van der Waals surface area contributed by atoms with E-state index in [0.29, 0.717) is 5.92 Å². The van der Waals surface area contributed by atoms with Crippen LogP contribution in [0.2, 0.25) is 0 Å². The van der Waals surface area contributed by atoms with Crippen molar-refractivity contribution in [2.24, 2.45) is 11.3 Å². The fourth-order valence-electron chi connectivity index (χ4n) is 9.29. The Bertz CT molecular complexity index is 1940. The average molecular weight is 670 g/mol. The molecule has 3 aromatic carbocycles. The van der Waals surface area contributed by atoms with Gasteiger partial charge in [-0.2, -0.15) is 0 Å². The van der Waals surface area contributed by atoms with E-state index in [2.05, 4.69) is 147 Å². The quantitative estimate of drug-likeness (QED) is 0.203. The van der Waals surface area contributed by atoms with Crippen LogP contribution in [0.5, 0.6) is 0 Å². The standard InChI is InChI=1S/C25H25.C12H19.C7H6.Zr/c1-14-12-24(3,4)22-8-16-7-17-9-23-19(15(2)13-25(23,5)6)11-21(17)20(16)10-18(14)22;1-6-10-7-9(2)8-11(10)12(3,4)5;1-7-5-3-2-4-6-7;/h8-12H,7H2,1-6H3;8-9H,6H2,1-5H3;1-6H;. The molecule has 1 unspecified atom stereocenters. The minimum absolute atomic E-state index is 0.0163. The summed E-state index contributed by atoms with van der Waals surface area (Å²) in [5, 5.41) is 0. The SMILES string of the molecule is CCC1=[C]([Zr](=[CH]c2ccccc2)[C]2=C(C)c3cc4c(cc3C2(C)C)Cc2cc3c(cc2-4)C(C)=CC3(C)C)C(C)C=C1C(C)(C)C. The van der Waals surface area contributed by atoms with Gasteiger partial charge >= 0.3 is 282 Å². The van der Waals surface area contributed by atoms with Gasteiger partial charge in [-0.25, -0.2) is 0 Å². The van der Waals surface area contributed by atoms with Gasteiger partial charge in [-0.05, 0) is 0 Å². The van der Waals surface area contributed by atoms with Crippen molar-refractivity contribution in [2.45, 2.75) is 99.8 Å². The summed E-state index contributed by atoms with van der Waals surface area (Å²) in [6, 6.07) is 21.5. The molecule has 0 saturated carbocycles. The average Bonchev–Trinajstić information content (AvgIpc) is 3.63. The van der Waals surface area contributed by atoms with Gasteiger partial charge in [0.1, 0.15) is 0 Å². The van der Waals surface area contributed by atoms with Crippen molar-refractivity contribution in [2.75, 3.05) is 0 Å². The van der Waals surface area contributed by atoms with E-state index in [1.807, 2.05) is 3.28 Å². The Morgan fingerprint density at radius 1 is 0.844 bits per heavy atom. The van der Waals surface area contributed by atoms with Crippen LogP contribution in [0.1, 0.15) is 122 Å². The summed E-state index contributed by atoms with van der Waals surface area (Å²) < 4.78 is 6.36. The molecule has 0 fully saturated rings. The Labute approximate surface area is 280 Å². The molecule has 7 rings (SSSR count). The van der Waals surface area contributed by atoms with Gasteiger partial charge in [0.15, 0.2) is 0 Å². The zero-order valence-electron chi connectivity index (χ0n) is 29.4. The Morgan fingerprint density at radius 2 is 1.47 bits per heavy atom. The molecule has 0 saturated heterocycles. The first kappa shape index (κ1) is 31.0. The van der Waals surface area contributed by atoms with Crippen LogP contribution in [0.15, 0.2) is 84.5 Å². The number of rotatable bonds is 4. The van der Waals surface area contributed by atoms with E-state index in [0.717, 1.165) is 12.8 Å². The Kier molecular flexibility index (Phi) is 7.19. The molecule has 0 spiro atoms. The van der Waals surface area contributed by atoms with E-state index < -0.39 is 21.3 Å². The van der Waals surface area contributed by atoms with E-state index in [1.54, 1.807) is 25.6 Å². The van der Waals surface area contributed by atoms with Crippen LogP contribution in [0, 0.1) is 11.3 Å². The summed E-state index contributed by atoms with van der Waals surface area (Å²) in [5.74, 6) is 0.503. The van der Waals surface area contributed by atoms with E-state index in [9.17, 15) is 0 Å². The summed E-state index contributed by atoms with van der Waals surface area (Å²) in [5.41, 5.74) is 19.9. The van der Waals surface area contributed by atoms with Gasteiger partial charge in [0.25, 0.3) is 0 Å². The molecule has 4 aliphatic carbocycles. The van der Waals surface area contributed by atoms with Crippen molar-refractivity contribution < 1.29 is 21.3 Å². The van der Waals surface area contributed by atoms with Crippen molar-refractivity contribution in [3.8, 4) is 11.1 Å². The maximum absolute atomic E-state index is 2.78. The fraction of sp³-hybridized carbons (Fsp3) is 0.386. The van der Waals surface area contributed by atoms with Crippen LogP contribution in [0.3, 0.4) is 0 Å². The van der Waals surface area contributed by atoms with Gasteiger partial charge < -0.3 is 0 Å². The zero-order chi connectivity index (χ0) is 32.2. The first-order valence-corrected chi connectivity index (χ1v) is 21.0. The van der Waals surface area contributed by atoms with E-state index in [4.69, 9.17) is 0 Å². The number of benzene rings is 3. The third-order valence-corrected chi connectivity index (χ3v) is 19.9. The third kappa shape index (κ3) is 4.74. The number of hydrogen-bond acceptors (Lipinski definition) is 0. The molecular formula is C44H50Zr. The Balaban J connectivity index is 1.43. The number of hydrogen-bond donors (Lipinski definition) is 0. The van der Waals surface area contributed by atoms with E-state index in [-0.39, 0.29) is 16.2 Å². The molecule has 0 radical (unpaired) electrons. The second-order valence-corrected chi connectivity index (χ2v) is 21.6. The molecule has 0 N–H and O–H groups in total. The Morgan fingerprint density at radius 3 is 2.09 bits per heavy atom. The summed E-state index contributed by atoms with van der Waals surface area (Å²) >= 11 is -2.55. The van der Waals surface area contributed by atoms with Crippen molar-refractivity contribution in [1.82, 2.24) is 0 Å². The molecule has 1 heteroatoms. The van der Waals surface area contributed by atoms with Gasteiger partial charge in [0.05, 0.1) is 0 Å². The molecule has 45 heavy (non-hydrogen) atoms. The minimum atomic E-state index is -2.55. The van der Waals surface area contributed by atoms with Crippen LogP contribution in [0.4, 0.5) is 0 Å². The topological polar surface area (TPSA) is 0 Å².